The summed E-state index contributed by atoms with van der Waals surface area (Å²) in [4.78, 5) is 0. The lowest BCUT2D eigenvalue weighted by molar-refractivity contribution is -0.0758. The molecule has 166 valence electrons. The number of allylic oxidation sites excluding steroid dienone is 2. The highest BCUT2D eigenvalue weighted by atomic mass is 16.3. The van der Waals surface area contributed by atoms with Crippen LogP contribution < -0.4 is 0 Å². The van der Waals surface area contributed by atoms with Crippen LogP contribution in [0, 0.1) is 40.4 Å². The molecule has 4 rings (SSSR count). The minimum absolute atomic E-state index is 0.0733. The molecule has 2 N–H and O–H groups in total. The molecule has 0 aromatic carbocycles. The summed E-state index contributed by atoms with van der Waals surface area (Å²) in [5, 5.41) is 21.8. The maximum atomic E-state index is 11.5. The molecule has 0 aliphatic heterocycles. The molecule has 3 saturated carbocycles. The highest BCUT2D eigenvalue weighted by molar-refractivity contribution is 5.29. The van der Waals surface area contributed by atoms with E-state index in [9.17, 15) is 10.2 Å². The second kappa shape index (κ2) is 7.66. The number of hydrogen-bond acceptors (Lipinski definition) is 2. The topological polar surface area (TPSA) is 40.5 Å². The van der Waals surface area contributed by atoms with E-state index < -0.39 is 5.60 Å². The molecule has 2 heteroatoms. The molecule has 0 bridgehead atoms. The maximum absolute atomic E-state index is 11.5. The molecule has 0 radical (unpaired) electrons. The van der Waals surface area contributed by atoms with E-state index in [4.69, 9.17) is 0 Å². The molecule has 4 aliphatic carbocycles. The van der Waals surface area contributed by atoms with Gasteiger partial charge in [-0.2, -0.15) is 0 Å². The van der Waals surface area contributed by atoms with Crippen molar-refractivity contribution in [2.45, 2.75) is 117 Å². The predicted molar refractivity (Wildman–Crippen MR) is 121 cm³/mol. The Balaban J connectivity index is 1.55. The smallest absolute Gasteiger partial charge is 0.0653 e. The second-order valence-electron chi connectivity index (χ2n) is 12.5. The van der Waals surface area contributed by atoms with Gasteiger partial charge in [0.25, 0.3) is 0 Å². The second-order valence-corrected chi connectivity index (χ2v) is 12.5. The van der Waals surface area contributed by atoms with Gasteiger partial charge >= 0.3 is 0 Å². The van der Waals surface area contributed by atoms with Crippen molar-refractivity contribution < 1.29 is 10.2 Å². The first kappa shape index (κ1) is 21.9. The summed E-state index contributed by atoms with van der Waals surface area (Å²) in [6.45, 7) is 11.7. The largest absolute Gasteiger partial charge is 0.393 e. The fourth-order valence-corrected chi connectivity index (χ4v) is 8.57. The van der Waals surface area contributed by atoms with E-state index in [1.165, 1.54) is 38.5 Å². The zero-order valence-electron chi connectivity index (χ0n) is 19.7. The predicted octanol–water partition coefficient (Wildman–Crippen LogP) is 6.50. The highest BCUT2D eigenvalue weighted by Crippen LogP contribution is 2.66. The van der Waals surface area contributed by atoms with Crippen LogP contribution >= 0.6 is 0 Å². The molecule has 0 heterocycles. The summed E-state index contributed by atoms with van der Waals surface area (Å²) in [6.07, 6.45) is 15.3. The molecule has 4 aliphatic rings. The van der Waals surface area contributed by atoms with Crippen LogP contribution in [0.1, 0.15) is 105 Å². The third-order valence-electron chi connectivity index (χ3n) is 10.2. The van der Waals surface area contributed by atoms with Crippen molar-refractivity contribution >= 4 is 0 Å². The van der Waals surface area contributed by atoms with Gasteiger partial charge in [-0.15, -0.1) is 0 Å². The summed E-state index contributed by atoms with van der Waals surface area (Å²) in [5.41, 5.74) is 1.80. The zero-order valence-corrected chi connectivity index (χ0v) is 19.7. The van der Waals surface area contributed by atoms with E-state index in [1.807, 2.05) is 0 Å². The van der Waals surface area contributed by atoms with Crippen LogP contribution in [0.4, 0.5) is 0 Å². The van der Waals surface area contributed by atoms with Gasteiger partial charge in [-0.1, -0.05) is 52.2 Å². The van der Waals surface area contributed by atoms with Crippen LogP contribution in [0.5, 0.6) is 0 Å². The number of hydrogen-bond donors (Lipinski definition) is 2. The third kappa shape index (κ3) is 3.65. The van der Waals surface area contributed by atoms with Crippen LogP contribution in [0.3, 0.4) is 0 Å². The molecule has 0 amide bonds. The molecule has 0 saturated heterocycles. The Hall–Kier alpha value is -0.340. The van der Waals surface area contributed by atoms with Gasteiger partial charge in [0, 0.05) is 0 Å². The van der Waals surface area contributed by atoms with Gasteiger partial charge in [-0.3, -0.25) is 0 Å². The van der Waals surface area contributed by atoms with E-state index in [2.05, 4.69) is 40.7 Å². The molecule has 3 fully saturated rings. The SMILES string of the molecule is CC(C)CCC[C@](C)(O)[C@H]1CC[C@H]2[C@@H]3CC[C@H]4C[C@@H](O)CC[C@]4(C)C3=CC[C@@]21C. The fourth-order valence-electron chi connectivity index (χ4n) is 8.57. The molecule has 0 aromatic heterocycles. The van der Waals surface area contributed by atoms with Crippen LogP contribution in [-0.4, -0.2) is 21.9 Å². The van der Waals surface area contributed by atoms with Gasteiger partial charge in [0.05, 0.1) is 11.7 Å². The Labute approximate surface area is 179 Å². The normalized spacial score (nSPS) is 46.5. The molecular formula is C27H46O2. The van der Waals surface area contributed by atoms with Crippen molar-refractivity contribution in [2.75, 3.05) is 0 Å². The van der Waals surface area contributed by atoms with Gasteiger partial charge < -0.3 is 10.2 Å². The van der Waals surface area contributed by atoms with Gasteiger partial charge in [0.1, 0.15) is 0 Å². The van der Waals surface area contributed by atoms with E-state index in [0.717, 1.165) is 49.9 Å². The molecule has 8 atom stereocenters. The van der Waals surface area contributed by atoms with Crippen molar-refractivity contribution in [1.29, 1.82) is 0 Å². The Bertz CT molecular complexity index is 634. The first-order valence-electron chi connectivity index (χ1n) is 12.7. The fraction of sp³-hybridized carbons (Fsp3) is 0.926. The van der Waals surface area contributed by atoms with Crippen molar-refractivity contribution in [3.63, 3.8) is 0 Å². The van der Waals surface area contributed by atoms with Crippen molar-refractivity contribution in [3.05, 3.63) is 11.6 Å². The zero-order chi connectivity index (χ0) is 21.0. The number of aliphatic hydroxyl groups is 2. The Morgan fingerprint density at radius 3 is 2.62 bits per heavy atom. The Kier molecular flexibility index (Phi) is 5.78. The van der Waals surface area contributed by atoms with Crippen molar-refractivity contribution in [3.8, 4) is 0 Å². The van der Waals surface area contributed by atoms with E-state index in [0.29, 0.717) is 17.3 Å². The van der Waals surface area contributed by atoms with Crippen LogP contribution in [0.15, 0.2) is 11.6 Å². The van der Waals surface area contributed by atoms with Crippen LogP contribution in [0.2, 0.25) is 0 Å². The first-order valence-corrected chi connectivity index (χ1v) is 12.7. The minimum Gasteiger partial charge on any atom is -0.393 e. The molecule has 0 spiro atoms. The number of aliphatic hydroxyl groups excluding tert-OH is 1. The monoisotopic (exact) mass is 402 g/mol. The standard InChI is InChI=1S/C27H46O2/c1-18(2)7-6-14-27(5,29)24-11-10-22-21-9-8-19-17-20(28)12-15-25(19,3)23(21)13-16-26(22,24)4/h13,18-22,24,28-29H,6-12,14-17H2,1-5H3/t19-,20-,21-,22-,24-,25-,26-,27-/m0/s1. The average Bonchev–Trinajstić information content (AvgIpc) is 3.00. The molecule has 2 nitrogen and oxygen atoms in total. The Morgan fingerprint density at radius 2 is 1.90 bits per heavy atom. The highest BCUT2D eigenvalue weighted by Gasteiger charge is 2.59. The van der Waals surface area contributed by atoms with E-state index in [1.54, 1.807) is 5.57 Å². The van der Waals surface area contributed by atoms with Gasteiger partial charge in [0.15, 0.2) is 0 Å². The Morgan fingerprint density at radius 1 is 1.14 bits per heavy atom. The number of fused-ring (bicyclic) bond motifs is 5. The quantitative estimate of drug-likeness (QED) is 0.515. The average molecular weight is 403 g/mol. The molecule has 0 aromatic rings. The van der Waals surface area contributed by atoms with Gasteiger partial charge in [0.2, 0.25) is 0 Å². The summed E-state index contributed by atoms with van der Waals surface area (Å²) in [6, 6.07) is 0. The summed E-state index contributed by atoms with van der Waals surface area (Å²) in [7, 11) is 0. The van der Waals surface area contributed by atoms with E-state index >= 15 is 0 Å². The lowest BCUT2D eigenvalue weighted by atomic mass is 9.48. The summed E-state index contributed by atoms with van der Waals surface area (Å²) < 4.78 is 0. The molecule has 29 heavy (non-hydrogen) atoms. The van der Waals surface area contributed by atoms with Crippen LogP contribution in [-0.2, 0) is 0 Å². The van der Waals surface area contributed by atoms with Crippen molar-refractivity contribution in [1.82, 2.24) is 0 Å². The summed E-state index contributed by atoms with van der Waals surface area (Å²) in [5.74, 6) is 3.30. The van der Waals surface area contributed by atoms with Gasteiger partial charge in [-0.25, -0.2) is 0 Å². The maximum Gasteiger partial charge on any atom is 0.0653 e. The van der Waals surface area contributed by atoms with Gasteiger partial charge in [-0.05, 0) is 105 Å². The summed E-state index contributed by atoms with van der Waals surface area (Å²) >= 11 is 0. The lowest BCUT2D eigenvalue weighted by Gasteiger charge is -2.57. The van der Waals surface area contributed by atoms with Crippen LogP contribution in [0.25, 0.3) is 0 Å². The minimum atomic E-state index is -0.528. The van der Waals surface area contributed by atoms with Crippen molar-refractivity contribution in [2.24, 2.45) is 40.4 Å². The number of rotatable bonds is 5. The lowest BCUT2D eigenvalue weighted by Crippen LogP contribution is -2.51. The molecular weight excluding hydrogens is 356 g/mol. The van der Waals surface area contributed by atoms with E-state index in [-0.39, 0.29) is 11.5 Å². The first-order chi connectivity index (χ1) is 13.6. The molecule has 0 unspecified atom stereocenters. The third-order valence-corrected chi connectivity index (χ3v) is 10.2.